The number of carbonyl (C=O) groups is 1. The second-order valence-electron chi connectivity index (χ2n) is 3.79. The van der Waals surface area contributed by atoms with E-state index < -0.39 is 6.04 Å². The molecule has 0 saturated carbocycles. The highest BCUT2D eigenvalue weighted by Gasteiger charge is 2.12. The van der Waals surface area contributed by atoms with Crippen LogP contribution in [0, 0.1) is 0 Å². The molecule has 0 aliphatic carbocycles. The van der Waals surface area contributed by atoms with Crippen LogP contribution < -0.4 is 15.8 Å². The van der Waals surface area contributed by atoms with Gasteiger partial charge in [0.25, 0.3) is 0 Å². The average molecular weight is 222 g/mol. The van der Waals surface area contributed by atoms with Crippen LogP contribution in [0.4, 0.5) is 0 Å². The molecule has 0 fully saturated rings. The van der Waals surface area contributed by atoms with Gasteiger partial charge in [0.2, 0.25) is 5.91 Å². The van der Waals surface area contributed by atoms with Crippen LogP contribution in [0.1, 0.15) is 25.5 Å². The van der Waals surface area contributed by atoms with E-state index in [4.69, 9.17) is 10.5 Å². The van der Waals surface area contributed by atoms with Gasteiger partial charge in [0.05, 0.1) is 19.2 Å². The van der Waals surface area contributed by atoms with E-state index in [0.717, 1.165) is 11.3 Å². The molecule has 3 N–H and O–H groups in total. The molecular formula is C12H18N2O2. The first-order valence-corrected chi connectivity index (χ1v) is 5.24. The van der Waals surface area contributed by atoms with Crippen molar-refractivity contribution in [2.45, 2.75) is 25.9 Å². The highest BCUT2D eigenvalue weighted by molar-refractivity contribution is 5.81. The summed E-state index contributed by atoms with van der Waals surface area (Å²) in [6.45, 7) is 3.58. The van der Waals surface area contributed by atoms with Gasteiger partial charge in [0, 0.05) is 0 Å². The topological polar surface area (TPSA) is 64.3 Å². The zero-order valence-corrected chi connectivity index (χ0v) is 9.86. The van der Waals surface area contributed by atoms with Gasteiger partial charge < -0.3 is 15.8 Å². The molecule has 88 valence electrons. The fourth-order valence-electron chi connectivity index (χ4n) is 1.32. The molecule has 16 heavy (non-hydrogen) atoms. The molecule has 1 aromatic rings. The number of nitrogens with two attached hydrogens (primary N) is 1. The van der Waals surface area contributed by atoms with Crippen molar-refractivity contribution in [3.8, 4) is 5.75 Å². The van der Waals surface area contributed by atoms with Gasteiger partial charge in [0.1, 0.15) is 5.75 Å². The van der Waals surface area contributed by atoms with Crippen molar-refractivity contribution in [3.63, 3.8) is 0 Å². The molecule has 0 bridgehead atoms. The number of nitrogens with one attached hydrogen (secondary N) is 1. The second kappa shape index (κ2) is 5.51. The van der Waals surface area contributed by atoms with Crippen molar-refractivity contribution in [1.82, 2.24) is 5.32 Å². The normalized spacial score (nSPS) is 14.0. The summed E-state index contributed by atoms with van der Waals surface area (Å²) < 4.78 is 5.06. The third kappa shape index (κ3) is 3.24. The first-order chi connectivity index (χ1) is 7.54. The summed E-state index contributed by atoms with van der Waals surface area (Å²) in [6, 6.07) is 7.04. The summed E-state index contributed by atoms with van der Waals surface area (Å²) >= 11 is 0. The molecule has 0 aromatic heterocycles. The molecule has 1 amide bonds. The number of hydrogen-bond donors (Lipinski definition) is 2. The maximum absolute atomic E-state index is 11.4. The van der Waals surface area contributed by atoms with Crippen LogP contribution in [-0.2, 0) is 4.79 Å². The number of methoxy groups -OCH3 is 1. The Labute approximate surface area is 95.8 Å². The van der Waals surface area contributed by atoms with Crippen molar-refractivity contribution in [2.24, 2.45) is 5.73 Å². The van der Waals surface area contributed by atoms with E-state index >= 15 is 0 Å². The van der Waals surface area contributed by atoms with E-state index in [-0.39, 0.29) is 11.9 Å². The Morgan fingerprint density at radius 3 is 2.31 bits per heavy atom. The number of rotatable bonds is 4. The van der Waals surface area contributed by atoms with Crippen LogP contribution in [0.25, 0.3) is 0 Å². The molecular weight excluding hydrogens is 204 g/mol. The minimum Gasteiger partial charge on any atom is -0.497 e. The lowest BCUT2D eigenvalue weighted by Crippen LogP contribution is -2.39. The molecule has 2 atom stereocenters. The summed E-state index contributed by atoms with van der Waals surface area (Å²) in [6.07, 6.45) is 0. The molecule has 0 aliphatic rings. The van der Waals surface area contributed by atoms with Gasteiger partial charge in [-0.05, 0) is 31.5 Å². The lowest BCUT2D eigenvalue weighted by molar-refractivity contribution is -0.122. The first-order valence-electron chi connectivity index (χ1n) is 5.24. The second-order valence-corrected chi connectivity index (χ2v) is 3.79. The maximum Gasteiger partial charge on any atom is 0.237 e. The van der Waals surface area contributed by atoms with Crippen LogP contribution in [0.3, 0.4) is 0 Å². The Hall–Kier alpha value is -1.55. The summed E-state index contributed by atoms with van der Waals surface area (Å²) in [7, 11) is 1.62. The Kier molecular flexibility index (Phi) is 4.31. The quantitative estimate of drug-likeness (QED) is 0.805. The summed E-state index contributed by atoms with van der Waals surface area (Å²) in [5.41, 5.74) is 6.50. The van der Waals surface area contributed by atoms with Crippen molar-refractivity contribution in [1.29, 1.82) is 0 Å². The lowest BCUT2D eigenvalue weighted by Gasteiger charge is -2.16. The molecule has 0 heterocycles. The largest absolute Gasteiger partial charge is 0.497 e. The van der Waals surface area contributed by atoms with E-state index in [9.17, 15) is 4.79 Å². The van der Waals surface area contributed by atoms with Gasteiger partial charge in [0.15, 0.2) is 0 Å². The number of amides is 1. The lowest BCUT2D eigenvalue weighted by atomic mass is 10.1. The number of hydrogen-bond acceptors (Lipinski definition) is 3. The van der Waals surface area contributed by atoms with Crippen LogP contribution in [0.5, 0.6) is 5.75 Å². The Morgan fingerprint density at radius 1 is 1.31 bits per heavy atom. The number of carbonyl (C=O) groups excluding carboxylic acids is 1. The van der Waals surface area contributed by atoms with Crippen LogP contribution >= 0.6 is 0 Å². The average Bonchev–Trinajstić information content (AvgIpc) is 2.28. The summed E-state index contributed by atoms with van der Waals surface area (Å²) in [5, 5.41) is 2.83. The van der Waals surface area contributed by atoms with Crippen LogP contribution in [0.2, 0.25) is 0 Å². The van der Waals surface area contributed by atoms with Crippen molar-refractivity contribution >= 4 is 5.91 Å². The fraction of sp³-hybridized carbons (Fsp3) is 0.417. The predicted octanol–water partition coefficient (Wildman–Crippen LogP) is 1.22. The molecule has 4 heteroatoms. The minimum atomic E-state index is -0.485. The molecule has 4 nitrogen and oxygen atoms in total. The van der Waals surface area contributed by atoms with E-state index in [2.05, 4.69) is 5.32 Å². The third-order valence-electron chi connectivity index (χ3n) is 2.39. The molecule has 1 aromatic carbocycles. The highest BCUT2D eigenvalue weighted by Crippen LogP contribution is 2.17. The van der Waals surface area contributed by atoms with Crippen LogP contribution in [0.15, 0.2) is 24.3 Å². The SMILES string of the molecule is COc1ccc(C(C)NC(=O)[C@@H](C)N)cc1. The predicted molar refractivity (Wildman–Crippen MR) is 63.2 cm³/mol. The molecule has 0 radical (unpaired) electrons. The standard InChI is InChI=1S/C12H18N2O2/c1-8(13)12(15)14-9(2)10-4-6-11(16-3)7-5-10/h4-9H,13H2,1-3H3,(H,14,15)/t8-,9?/m1/s1. The monoisotopic (exact) mass is 222 g/mol. The Morgan fingerprint density at radius 2 is 1.88 bits per heavy atom. The highest BCUT2D eigenvalue weighted by atomic mass is 16.5. The fourth-order valence-corrected chi connectivity index (χ4v) is 1.32. The van der Waals surface area contributed by atoms with E-state index in [0.29, 0.717) is 0 Å². The third-order valence-corrected chi connectivity index (χ3v) is 2.39. The molecule has 1 unspecified atom stereocenters. The Bertz CT molecular complexity index is 347. The number of ether oxygens (including phenoxy) is 1. The van der Waals surface area contributed by atoms with Crippen molar-refractivity contribution in [2.75, 3.05) is 7.11 Å². The van der Waals surface area contributed by atoms with Gasteiger partial charge in [-0.15, -0.1) is 0 Å². The molecule has 0 spiro atoms. The zero-order valence-electron chi connectivity index (χ0n) is 9.86. The van der Waals surface area contributed by atoms with Gasteiger partial charge in [-0.1, -0.05) is 12.1 Å². The maximum atomic E-state index is 11.4. The summed E-state index contributed by atoms with van der Waals surface area (Å²) in [5.74, 6) is 0.651. The van der Waals surface area contributed by atoms with Crippen molar-refractivity contribution in [3.05, 3.63) is 29.8 Å². The van der Waals surface area contributed by atoms with Gasteiger partial charge in [-0.2, -0.15) is 0 Å². The van der Waals surface area contributed by atoms with E-state index in [1.165, 1.54) is 0 Å². The Balaban J connectivity index is 2.65. The number of benzene rings is 1. The minimum absolute atomic E-state index is 0.0515. The summed E-state index contributed by atoms with van der Waals surface area (Å²) in [4.78, 5) is 11.4. The van der Waals surface area contributed by atoms with Gasteiger partial charge >= 0.3 is 0 Å². The van der Waals surface area contributed by atoms with E-state index in [1.807, 2.05) is 31.2 Å². The van der Waals surface area contributed by atoms with Crippen LogP contribution in [-0.4, -0.2) is 19.1 Å². The van der Waals surface area contributed by atoms with Gasteiger partial charge in [-0.3, -0.25) is 4.79 Å². The van der Waals surface area contributed by atoms with Crippen molar-refractivity contribution < 1.29 is 9.53 Å². The molecule has 0 aliphatic heterocycles. The molecule has 0 saturated heterocycles. The smallest absolute Gasteiger partial charge is 0.237 e. The van der Waals surface area contributed by atoms with Gasteiger partial charge in [-0.25, -0.2) is 0 Å². The first kappa shape index (κ1) is 12.5. The molecule has 1 rings (SSSR count). The zero-order chi connectivity index (χ0) is 12.1. The van der Waals surface area contributed by atoms with E-state index in [1.54, 1.807) is 14.0 Å².